The summed E-state index contributed by atoms with van der Waals surface area (Å²) in [5, 5.41) is 0.823. The minimum atomic E-state index is -0.500. The highest BCUT2D eigenvalue weighted by atomic mass is 32.1. The Bertz CT molecular complexity index is 1040. The van der Waals surface area contributed by atoms with Gasteiger partial charge < -0.3 is 18.3 Å². The normalized spacial score (nSPS) is 11.0. The molecule has 0 fully saturated rings. The summed E-state index contributed by atoms with van der Waals surface area (Å²) in [5.41, 5.74) is 2.41. The van der Waals surface area contributed by atoms with Crippen molar-refractivity contribution in [2.75, 3.05) is 13.7 Å². The molecule has 2 aromatic heterocycles. The number of hydrogen-bond acceptors (Lipinski definition) is 6. The molecule has 0 amide bonds. The SMILES string of the molecule is CCCc1cc2c(=S)c(-c3ccc(C(=O)OCC)o3)c(C)oc2cc1OC. The van der Waals surface area contributed by atoms with Gasteiger partial charge in [0.25, 0.3) is 0 Å². The van der Waals surface area contributed by atoms with E-state index in [2.05, 4.69) is 6.92 Å². The number of rotatable bonds is 6. The molecule has 6 heteroatoms. The van der Waals surface area contributed by atoms with Gasteiger partial charge in [-0.15, -0.1) is 0 Å². The summed E-state index contributed by atoms with van der Waals surface area (Å²) in [5.74, 6) is 1.53. The predicted octanol–water partition coefficient (Wildman–Crippen LogP) is 5.87. The molecule has 0 radical (unpaired) electrons. The number of aryl methyl sites for hydroxylation is 2. The van der Waals surface area contributed by atoms with Crippen LogP contribution in [-0.4, -0.2) is 19.7 Å². The van der Waals surface area contributed by atoms with E-state index in [1.165, 1.54) is 0 Å². The fourth-order valence-corrected chi connectivity index (χ4v) is 3.51. The maximum atomic E-state index is 11.9. The zero-order chi connectivity index (χ0) is 19.6. The molecule has 0 bridgehead atoms. The lowest BCUT2D eigenvalue weighted by Crippen LogP contribution is -2.02. The number of methoxy groups -OCH3 is 1. The monoisotopic (exact) mass is 386 g/mol. The van der Waals surface area contributed by atoms with Gasteiger partial charge in [-0.25, -0.2) is 4.79 Å². The quantitative estimate of drug-likeness (QED) is 0.390. The smallest absolute Gasteiger partial charge is 0.374 e. The van der Waals surface area contributed by atoms with Crippen LogP contribution in [0.3, 0.4) is 0 Å². The van der Waals surface area contributed by atoms with Crippen molar-refractivity contribution >= 4 is 29.2 Å². The van der Waals surface area contributed by atoms with Crippen molar-refractivity contribution in [2.45, 2.75) is 33.6 Å². The molecule has 0 aliphatic carbocycles. The van der Waals surface area contributed by atoms with E-state index in [4.69, 9.17) is 30.5 Å². The topological polar surface area (TPSA) is 61.8 Å². The van der Waals surface area contributed by atoms with E-state index in [0.717, 1.165) is 29.5 Å². The predicted molar refractivity (Wildman–Crippen MR) is 106 cm³/mol. The van der Waals surface area contributed by atoms with Crippen LogP contribution in [0.1, 0.15) is 42.1 Å². The van der Waals surface area contributed by atoms with Crippen LogP contribution in [0.25, 0.3) is 22.3 Å². The van der Waals surface area contributed by atoms with Crippen LogP contribution in [0.4, 0.5) is 0 Å². The van der Waals surface area contributed by atoms with Gasteiger partial charge in [-0.2, -0.15) is 0 Å². The Morgan fingerprint density at radius 3 is 2.63 bits per heavy atom. The van der Waals surface area contributed by atoms with Crippen molar-refractivity contribution in [1.29, 1.82) is 0 Å². The first-order valence-electron chi connectivity index (χ1n) is 8.91. The third-order valence-electron chi connectivity index (χ3n) is 4.32. The van der Waals surface area contributed by atoms with Gasteiger partial charge in [0.15, 0.2) is 0 Å². The lowest BCUT2D eigenvalue weighted by atomic mass is 10.0. The number of carbonyl (C=O) groups is 1. The second kappa shape index (κ2) is 7.96. The number of esters is 1. The number of carbonyl (C=O) groups excluding carboxylic acids is 1. The molecule has 27 heavy (non-hydrogen) atoms. The Morgan fingerprint density at radius 1 is 1.19 bits per heavy atom. The maximum absolute atomic E-state index is 11.9. The fourth-order valence-electron chi connectivity index (χ4n) is 3.10. The van der Waals surface area contributed by atoms with Gasteiger partial charge in [-0.1, -0.05) is 25.6 Å². The summed E-state index contributed by atoms with van der Waals surface area (Å²) in [6.07, 6.45) is 1.87. The zero-order valence-corrected chi connectivity index (χ0v) is 16.7. The lowest BCUT2D eigenvalue weighted by Gasteiger charge is -2.12. The number of furan rings is 1. The maximum Gasteiger partial charge on any atom is 0.374 e. The molecule has 0 aliphatic rings. The summed E-state index contributed by atoms with van der Waals surface area (Å²) in [4.78, 5) is 11.9. The molecule has 142 valence electrons. The Hall–Kier alpha value is -2.60. The van der Waals surface area contributed by atoms with Crippen molar-refractivity contribution in [3.8, 4) is 17.1 Å². The first-order chi connectivity index (χ1) is 13.0. The Balaban J connectivity index is 2.17. The average Bonchev–Trinajstić information content (AvgIpc) is 3.12. The molecule has 1 aromatic carbocycles. The number of hydrogen-bond donors (Lipinski definition) is 0. The molecule has 0 saturated carbocycles. The summed E-state index contributed by atoms with van der Waals surface area (Å²) < 4.78 is 22.8. The van der Waals surface area contributed by atoms with Crippen molar-refractivity contribution in [3.63, 3.8) is 0 Å². The van der Waals surface area contributed by atoms with E-state index in [1.54, 1.807) is 26.2 Å². The van der Waals surface area contributed by atoms with Gasteiger partial charge in [0.05, 0.1) is 23.8 Å². The van der Waals surface area contributed by atoms with E-state index < -0.39 is 5.97 Å². The third kappa shape index (κ3) is 3.62. The van der Waals surface area contributed by atoms with Crippen LogP contribution in [0.15, 0.2) is 33.1 Å². The van der Waals surface area contributed by atoms with Crippen LogP contribution in [0.5, 0.6) is 5.75 Å². The molecule has 0 spiro atoms. The van der Waals surface area contributed by atoms with Crippen LogP contribution < -0.4 is 4.74 Å². The molecule has 0 aliphatic heterocycles. The van der Waals surface area contributed by atoms with Gasteiger partial charge in [0.1, 0.15) is 22.9 Å². The van der Waals surface area contributed by atoms with Gasteiger partial charge in [-0.3, -0.25) is 0 Å². The largest absolute Gasteiger partial charge is 0.496 e. The summed E-state index contributed by atoms with van der Waals surface area (Å²) in [7, 11) is 1.65. The molecule has 0 unspecified atom stereocenters. The van der Waals surface area contributed by atoms with Crippen LogP contribution in [0.2, 0.25) is 0 Å². The van der Waals surface area contributed by atoms with E-state index in [-0.39, 0.29) is 12.4 Å². The fraction of sp³-hybridized carbons (Fsp3) is 0.333. The van der Waals surface area contributed by atoms with Crippen LogP contribution in [0, 0.1) is 11.4 Å². The Kier molecular flexibility index (Phi) is 5.65. The van der Waals surface area contributed by atoms with Crippen molar-refractivity contribution in [3.05, 3.63) is 45.9 Å². The molecule has 5 nitrogen and oxygen atoms in total. The Morgan fingerprint density at radius 2 is 1.96 bits per heavy atom. The summed E-state index contributed by atoms with van der Waals surface area (Å²) >= 11 is 5.74. The summed E-state index contributed by atoms with van der Waals surface area (Å²) in [6, 6.07) is 7.19. The Labute approximate surface area is 162 Å². The second-order valence-electron chi connectivity index (χ2n) is 6.16. The molecule has 0 atom stereocenters. The van der Waals surface area contributed by atoms with Gasteiger partial charge >= 0.3 is 5.97 Å². The number of fused-ring (bicyclic) bond motifs is 1. The second-order valence-corrected chi connectivity index (χ2v) is 6.57. The van der Waals surface area contributed by atoms with E-state index in [9.17, 15) is 4.79 Å². The van der Waals surface area contributed by atoms with Crippen molar-refractivity contribution in [1.82, 2.24) is 0 Å². The molecule has 0 N–H and O–H groups in total. The minimum Gasteiger partial charge on any atom is -0.496 e. The first kappa shape index (κ1) is 19.2. The van der Waals surface area contributed by atoms with Crippen LogP contribution in [-0.2, 0) is 11.2 Å². The first-order valence-corrected chi connectivity index (χ1v) is 9.32. The molecule has 0 saturated heterocycles. The van der Waals surface area contributed by atoms with E-state index in [0.29, 0.717) is 27.2 Å². The van der Waals surface area contributed by atoms with Crippen molar-refractivity contribution < 1.29 is 23.1 Å². The molecule has 2 heterocycles. The standard InChI is InChI=1S/C21H22O5S/c1-5-7-13-10-14-18(11-17(13)23-4)25-12(3)19(20(14)27)15-8-9-16(26-15)21(22)24-6-2/h8-11H,5-7H2,1-4H3. The molecule has 3 rings (SSSR count). The number of benzene rings is 1. The van der Waals surface area contributed by atoms with Gasteiger partial charge in [0.2, 0.25) is 5.76 Å². The van der Waals surface area contributed by atoms with Gasteiger partial charge in [0, 0.05) is 11.5 Å². The zero-order valence-electron chi connectivity index (χ0n) is 15.9. The minimum absolute atomic E-state index is 0.141. The van der Waals surface area contributed by atoms with Crippen molar-refractivity contribution in [2.24, 2.45) is 0 Å². The average molecular weight is 386 g/mol. The highest BCUT2D eigenvalue weighted by molar-refractivity contribution is 7.71. The highest BCUT2D eigenvalue weighted by Crippen LogP contribution is 2.35. The summed E-state index contributed by atoms with van der Waals surface area (Å²) in [6.45, 7) is 5.97. The van der Waals surface area contributed by atoms with Gasteiger partial charge in [-0.05, 0) is 44.0 Å². The molecular weight excluding hydrogens is 364 g/mol. The van der Waals surface area contributed by atoms with Crippen LogP contribution >= 0.6 is 12.2 Å². The van der Waals surface area contributed by atoms with E-state index >= 15 is 0 Å². The third-order valence-corrected chi connectivity index (χ3v) is 4.74. The highest BCUT2D eigenvalue weighted by Gasteiger charge is 2.19. The molecule has 3 aromatic rings. The van der Waals surface area contributed by atoms with E-state index in [1.807, 2.05) is 19.1 Å². The lowest BCUT2D eigenvalue weighted by molar-refractivity contribution is 0.0491. The number of ether oxygens (including phenoxy) is 2. The molecular formula is C21H22O5S.